The molecule has 138 heavy (non-hydrogen) atoms. The van der Waals surface area contributed by atoms with Crippen molar-refractivity contribution in [3.05, 3.63) is 107 Å². The highest BCUT2D eigenvalue weighted by Crippen LogP contribution is 2.76. The third-order valence-electron chi connectivity index (χ3n) is 43.6. The lowest BCUT2D eigenvalue weighted by Gasteiger charge is -2.63. The van der Waals surface area contributed by atoms with Crippen molar-refractivity contribution in [1.82, 2.24) is 0 Å². The van der Waals surface area contributed by atoms with Crippen LogP contribution in [0.3, 0.4) is 0 Å². The van der Waals surface area contributed by atoms with Crippen LogP contribution in [-0.2, 0) is 57.4 Å². The average molecular weight is 1940 g/mol. The molecule has 0 bridgehead atoms. The minimum absolute atomic E-state index is 0.00620. The molecule has 1 saturated heterocycles. The monoisotopic (exact) mass is 1940 g/mol. The highest BCUT2D eigenvalue weighted by Gasteiger charge is 2.79. The van der Waals surface area contributed by atoms with Crippen molar-refractivity contribution in [3.63, 3.8) is 0 Å². The van der Waals surface area contributed by atoms with Crippen molar-refractivity contribution in [2.75, 3.05) is 33.0 Å². The van der Waals surface area contributed by atoms with Gasteiger partial charge in [0.1, 0.15) is 55.4 Å². The maximum Gasteiger partial charge on any atom is 0.193 e. The minimum Gasteiger partial charge on any atom is -0.393 e. The molecule has 15 saturated carbocycles. The summed E-state index contributed by atoms with van der Waals surface area (Å²) in [5.41, 5.74) is -7.66. The minimum atomic E-state index is -1.68. The Morgan fingerprint density at radius 2 is 0.819 bits per heavy atom. The molecular formula is C111H151ClO26. The van der Waals surface area contributed by atoms with Gasteiger partial charge in [0.15, 0.2) is 69.7 Å². The van der Waals surface area contributed by atoms with Crippen molar-refractivity contribution < 1.29 is 129 Å². The number of fused-ring (bicyclic) bond motifs is 27. The van der Waals surface area contributed by atoms with Gasteiger partial charge in [0.25, 0.3) is 0 Å². The Bertz CT molecular complexity index is 5300. The highest BCUT2D eigenvalue weighted by molar-refractivity contribution is 6.26. The maximum atomic E-state index is 13.2. The Hall–Kier alpha value is -5.99. The summed E-state index contributed by atoms with van der Waals surface area (Å²) in [5.74, 6) is -1.28. The Morgan fingerprint density at radius 1 is 0.406 bits per heavy atom. The fourth-order valence-corrected chi connectivity index (χ4v) is 37.5. The average Bonchev–Trinajstić information content (AvgIpc) is 1.66. The molecule has 21 rings (SSSR count). The van der Waals surface area contributed by atoms with Gasteiger partial charge in [0.05, 0.1) is 41.5 Å². The molecule has 1 aliphatic heterocycles. The van der Waals surface area contributed by atoms with E-state index in [0.717, 1.165) is 99.3 Å². The third-order valence-corrected chi connectivity index (χ3v) is 44.6. The number of Topliss-reactive ketones (excluding diaryl/α,β-unsaturated/α-hetero) is 5. The molecule has 16 fully saturated rings. The molecule has 0 aromatic carbocycles. The topological polar surface area (TPSA) is 472 Å². The molecule has 0 aromatic rings. The van der Waals surface area contributed by atoms with Crippen LogP contribution < -0.4 is 0 Å². The van der Waals surface area contributed by atoms with Gasteiger partial charge in [0, 0.05) is 72.9 Å². The lowest BCUT2D eigenvalue weighted by molar-refractivity contribution is -0.200. The summed E-state index contributed by atoms with van der Waals surface area (Å²) in [6.07, 6.45) is 34.8. The summed E-state index contributed by atoms with van der Waals surface area (Å²) in [6, 6.07) is 0. The van der Waals surface area contributed by atoms with E-state index in [1.165, 1.54) is 11.6 Å². The van der Waals surface area contributed by atoms with Crippen molar-refractivity contribution in [1.29, 1.82) is 0 Å². The number of carbonyl (C=O) groups excluding carboxylic acids is 10. The molecule has 758 valence electrons. The molecule has 0 aromatic heterocycles. The van der Waals surface area contributed by atoms with Crippen LogP contribution in [0.4, 0.5) is 0 Å². The van der Waals surface area contributed by atoms with Gasteiger partial charge in [0.2, 0.25) is 0 Å². The molecule has 0 radical (unpaired) electrons. The zero-order valence-electron chi connectivity index (χ0n) is 82.7. The first-order valence-electron chi connectivity index (χ1n) is 51.6. The molecule has 27 heteroatoms. The third kappa shape index (κ3) is 14.3. The van der Waals surface area contributed by atoms with Crippen LogP contribution in [-0.4, -0.2) is 238 Å². The van der Waals surface area contributed by atoms with E-state index in [-0.39, 0.29) is 157 Å². The van der Waals surface area contributed by atoms with E-state index in [4.69, 9.17) is 21.1 Å². The summed E-state index contributed by atoms with van der Waals surface area (Å²) >= 11 is 7.30. The summed E-state index contributed by atoms with van der Waals surface area (Å²) in [7, 11) is 0. The molecule has 39 unspecified atom stereocenters. The Labute approximate surface area is 815 Å². The van der Waals surface area contributed by atoms with Gasteiger partial charge in [-0.05, 0) is 291 Å². The normalized spacial score (nSPS) is 50.9. The summed E-state index contributed by atoms with van der Waals surface area (Å²) in [5, 5.41) is 149. The van der Waals surface area contributed by atoms with Gasteiger partial charge in [-0.15, -0.1) is 11.6 Å². The van der Waals surface area contributed by atoms with Gasteiger partial charge in [-0.1, -0.05) is 149 Å². The zero-order chi connectivity index (χ0) is 100. The highest BCUT2D eigenvalue weighted by atomic mass is 35.5. The predicted molar refractivity (Wildman–Crippen MR) is 507 cm³/mol. The first kappa shape index (κ1) is 103. The number of carbonyl (C=O) groups is 10. The second-order valence-electron chi connectivity index (χ2n) is 48.9. The van der Waals surface area contributed by atoms with Gasteiger partial charge in [-0.2, -0.15) is 0 Å². The Balaban J connectivity index is 0.000000120. The molecule has 26 nitrogen and oxygen atoms in total. The number of hydrogen-bond acceptors (Lipinski definition) is 26. The van der Waals surface area contributed by atoms with Gasteiger partial charge in [-0.25, -0.2) is 0 Å². The Morgan fingerprint density at radius 3 is 1.30 bits per heavy atom. The first-order valence-corrected chi connectivity index (χ1v) is 52.0. The van der Waals surface area contributed by atoms with Gasteiger partial charge in [-0.3, -0.25) is 47.9 Å². The number of aliphatic hydroxyl groups excluding tert-OH is 10. The van der Waals surface area contributed by atoms with E-state index >= 15 is 0 Å². The standard InChI is InChI=1S/C25H34O6.C22H29ClO5.C22H30O5.C21H30O5.C21H28O5/c1-4-5-21-30-20-11-17-16-7-6-14-10-15(27)8-9-23(14,2)22(16)18(28)12-24(17,3)25(20,31-21)19(29)13-26;1-12-8-16-15-5-4-13-9-14(25)6-7-19(13,2)21(15,23)17(26)10-20(16,3)22(12,28)18(27)11-24;1-12-8-14-15-5-7-22(27,18(26)11-23)21(15,3)10-17(25)19(14)20(2)6-4-13(24)9-16(12)20;2*1-19-7-5-13(23)9-12(19)3-4-14-15-6-8-21(26,17(25)11-22)20(15,2)10-16(24)18(14)19/h8-10,16-18,20-22,26,28H,4-7,11-13H2,1-3H3;6-7,9,12,15-17,24,26,28H,4-5,8,10-11H2,1-3H3;4,6,9,12,14-15,17,19,23,25,27H,5,7-8,10-11H2,1-3H3;9,14-16,18,22,24,26H,3-8,10-11H2,1-2H3;5,7,9,14-16,18,22,24,26H,3-4,6,8,10-11H2,1-2H3. The van der Waals surface area contributed by atoms with Gasteiger partial charge >= 0.3 is 0 Å². The molecule has 0 amide bonds. The van der Waals surface area contributed by atoms with E-state index in [0.29, 0.717) is 83.5 Å². The smallest absolute Gasteiger partial charge is 0.193 e. The maximum absolute atomic E-state index is 13.2. The lowest BCUT2D eigenvalue weighted by atomic mass is 9.45. The van der Waals surface area contributed by atoms with Crippen molar-refractivity contribution >= 4 is 69.4 Å². The summed E-state index contributed by atoms with van der Waals surface area (Å²) in [4.78, 5) is 122. The van der Waals surface area contributed by atoms with Crippen molar-refractivity contribution in [2.45, 2.75) is 333 Å². The number of ether oxygens (including phenoxy) is 2. The van der Waals surface area contributed by atoms with Crippen LogP contribution in [0.1, 0.15) is 257 Å². The Kier molecular flexibility index (Phi) is 26.6. The van der Waals surface area contributed by atoms with Crippen LogP contribution in [0.2, 0.25) is 0 Å². The zero-order valence-corrected chi connectivity index (χ0v) is 83.5. The molecular weight excluding hydrogens is 1780 g/mol. The van der Waals surface area contributed by atoms with Crippen LogP contribution >= 0.6 is 11.6 Å². The molecule has 39 atom stereocenters. The van der Waals surface area contributed by atoms with Crippen molar-refractivity contribution in [2.24, 2.45) is 149 Å². The largest absolute Gasteiger partial charge is 0.393 e. The number of aliphatic hydroxyl groups is 14. The van der Waals surface area contributed by atoms with Crippen LogP contribution in [0.15, 0.2) is 107 Å². The second kappa shape index (κ2) is 35.4. The van der Waals surface area contributed by atoms with Crippen LogP contribution in [0.5, 0.6) is 0 Å². The number of ketones is 10. The van der Waals surface area contributed by atoms with Crippen molar-refractivity contribution in [3.8, 4) is 0 Å². The van der Waals surface area contributed by atoms with E-state index < -0.39 is 164 Å². The number of hydrogen-bond donors (Lipinski definition) is 14. The molecule has 0 spiro atoms. The first-order chi connectivity index (χ1) is 64.6. The number of halogens is 1. The van der Waals surface area contributed by atoms with E-state index in [1.54, 1.807) is 48.6 Å². The fourth-order valence-electron chi connectivity index (χ4n) is 36.9. The number of rotatable bonds is 12. The van der Waals surface area contributed by atoms with Gasteiger partial charge < -0.3 is 81.0 Å². The van der Waals surface area contributed by atoms with E-state index in [1.807, 2.05) is 65.8 Å². The fraction of sp³-hybridized carbons (Fsp3) is 0.748. The van der Waals surface area contributed by atoms with E-state index in [9.17, 15) is 119 Å². The van der Waals surface area contributed by atoms with E-state index in [2.05, 4.69) is 48.5 Å². The predicted octanol–water partition coefficient (Wildman–Crippen LogP) is 10.0. The molecule has 14 N–H and O–H groups in total. The van der Waals surface area contributed by atoms with Crippen LogP contribution in [0.25, 0.3) is 0 Å². The number of allylic oxidation sites excluding steroid dienone is 17. The van der Waals surface area contributed by atoms with Crippen LogP contribution in [0, 0.1) is 149 Å². The second-order valence-corrected chi connectivity index (χ2v) is 49.6. The SMILES string of the molecule is CC12C=CC(=O)C=C1CCC1C2C(O)CC2(C)C1CCC2(O)C(=O)CO.CC12CCC(=O)C=C1CCC1C2C(O)CC2(C)C1CCC2(O)C(=O)CO.CC1CC2C(C(O)CC3(C)C2CCC3(O)C(=O)CO)C2(C)C=CC(=O)C=C12.CC1CC2C3CCC4=CC(=O)C=CC4(C)C3(Cl)C(O)CC2(C)C1(O)C(=O)CO.CCCC1OC2CC3C4CCC5=CC(=O)C=CC5(C)C4C(O)CC3(C)C2(C(=O)CO)O1. The lowest BCUT2D eigenvalue weighted by Crippen LogP contribution is -2.69. The molecule has 21 aliphatic rings. The molecule has 1 heterocycles. The summed E-state index contributed by atoms with van der Waals surface area (Å²) in [6.45, 7) is 22.9. The number of alkyl halides is 1. The molecule has 20 aliphatic carbocycles. The summed E-state index contributed by atoms with van der Waals surface area (Å²) < 4.78 is 12.7. The quantitative estimate of drug-likeness (QED) is 0.0808.